The molecule has 0 unspecified atom stereocenters. The zero-order valence-electron chi connectivity index (χ0n) is 14.9. The molecule has 134 valence electrons. The molecule has 5 heteroatoms. The maximum atomic E-state index is 11.8. The van der Waals surface area contributed by atoms with E-state index in [-0.39, 0.29) is 12.5 Å². The number of amides is 1. The van der Waals surface area contributed by atoms with E-state index < -0.39 is 0 Å². The van der Waals surface area contributed by atoms with Crippen molar-refractivity contribution in [3.05, 3.63) is 30.3 Å². The first-order valence-electron chi connectivity index (χ1n) is 8.91. The Bertz CT molecular complexity index is 481. The van der Waals surface area contributed by atoms with Crippen LogP contribution in [-0.2, 0) is 9.53 Å². The molecule has 24 heavy (non-hydrogen) atoms. The van der Waals surface area contributed by atoms with Crippen molar-refractivity contribution in [2.45, 2.75) is 32.7 Å². The van der Waals surface area contributed by atoms with Crippen LogP contribution in [0.4, 0.5) is 0 Å². The molecule has 0 spiro atoms. The fraction of sp³-hybridized carbons (Fsp3) is 0.632. The van der Waals surface area contributed by atoms with Gasteiger partial charge in [0.05, 0.1) is 6.61 Å². The van der Waals surface area contributed by atoms with Crippen LogP contribution in [0.25, 0.3) is 0 Å². The predicted molar refractivity (Wildman–Crippen MR) is 95.2 cm³/mol. The molecule has 1 heterocycles. The van der Waals surface area contributed by atoms with Crippen molar-refractivity contribution in [3.63, 3.8) is 0 Å². The molecule has 0 aromatic heterocycles. The summed E-state index contributed by atoms with van der Waals surface area (Å²) in [6.45, 7) is 8.34. The minimum atomic E-state index is -0.0633. The van der Waals surface area contributed by atoms with E-state index >= 15 is 0 Å². The first-order chi connectivity index (χ1) is 11.6. The highest BCUT2D eigenvalue weighted by Crippen LogP contribution is 2.17. The van der Waals surface area contributed by atoms with Gasteiger partial charge in [-0.2, -0.15) is 0 Å². The number of nitrogens with zero attached hydrogens (tertiary/aromatic N) is 1. The predicted octanol–water partition coefficient (Wildman–Crippen LogP) is 2.32. The summed E-state index contributed by atoms with van der Waals surface area (Å²) in [5.41, 5.74) is 0. The van der Waals surface area contributed by atoms with Crippen molar-refractivity contribution < 1.29 is 14.3 Å². The van der Waals surface area contributed by atoms with Crippen LogP contribution < -0.4 is 10.1 Å². The average molecular weight is 334 g/mol. The fourth-order valence-electron chi connectivity index (χ4n) is 2.97. The summed E-state index contributed by atoms with van der Waals surface area (Å²) < 4.78 is 10.9. The highest BCUT2D eigenvalue weighted by Gasteiger charge is 2.21. The van der Waals surface area contributed by atoms with Crippen molar-refractivity contribution in [2.75, 3.05) is 39.5 Å². The van der Waals surface area contributed by atoms with Crippen LogP contribution in [0.15, 0.2) is 30.3 Å². The SMILES string of the molecule is C[C@H]1CCCN([C@@H](C)CNC(=O)COCCOc2ccccc2)C1. The maximum Gasteiger partial charge on any atom is 0.246 e. The summed E-state index contributed by atoms with van der Waals surface area (Å²) in [5.74, 6) is 1.51. The van der Waals surface area contributed by atoms with E-state index in [1.807, 2.05) is 30.3 Å². The number of likely N-dealkylation sites (tertiary alicyclic amines) is 1. The van der Waals surface area contributed by atoms with Crippen LogP contribution >= 0.6 is 0 Å². The summed E-state index contributed by atoms with van der Waals surface area (Å²) in [6, 6.07) is 9.96. The second-order valence-corrected chi connectivity index (χ2v) is 6.61. The molecule has 1 fully saturated rings. The molecule has 1 saturated heterocycles. The van der Waals surface area contributed by atoms with Gasteiger partial charge in [0.15, 0.2) is 0 Å². The lowest BCUT2D eigenvalue weighted by Gasteiger charge is -2.35. The summed E-state index contributed by atoms with van der Waals surface area (Å²) >= 11 is 0. The number of ether oxygens (including phenoxy) is 2. The highest BCUT2D eigenvalue weighted by molar-refractivity contribution is 5.77. The largest absolute Gasteiger partial charge is 0.491 e. The lowest BCUT2D eigenvalue weighted by Crippen LogP contribution is -2.46. The van der Waals surface area contributed by atoms with Gasteiger partial charge in [-0.3, -0.25) is 9.69 Å². The molecule has 1 aliphatic heterocycles. The molecule has 2 atom stereocenters. The molecular formula is C19H30N2O3. The quantitative estimate of drug-likeness (QED) is 0.704. The molecule has 0 bridgehead atoms. The van der Waals surface area contributed by atoms with Crippen LogP contribution in [0.1, 0.15) is 26.7 Å². The van der Waals surface area contributed by atoms with Crippen molar-refractivity contribution >= 4 is 5.91 Å². The van der Waals surface area contributed by atoms with E-state index in [1.54, 1.807) is 0 Å². The first-order valence-corrected chi connectivity index (χ1v) is 8.91. The minimum absolute atomic E-state index is 0.0633. The number of nitrogens with one attached hydrogen (secondary N) is 1. The number of rotatable bonds is 9. The molecule has 1 aliphatic rings. The van der Waals surface area contributed by atoms with Gasteiger partial charge in [-0.15, -0.1) is 0 Å². The van der Waals surface area contributed by atoms with Gasteiger partial charge in [-0.05, 0) is 44.4 Å². The van der Waals surface area contributed by atoms with Crippen LogP contribution in [0.2, 0.25) is 0 Å². The van der Waals surface area contributed by atoms with Gasteiger partial charge in [-0.1, -0.05) is 25.1 Å². The standard InChI is InChI=1S/C19H30N2O3/c1-16-7-6-10-21(14-16)17(2)13-20-19(22)15-23-11-12-24-18-8-4-3-5-9-18/h3-5,8-9,16-17H,6-7,10-15H2,1-2H3,(H,20,22)/t16-,17-/m0/s1. The molecule has 1 aromatic rings. The Hall–Kier alpha value is -1.59. The molecule has 1 N–H and O–H groups in total. The number of para-hydroxylation sites is 1. The van der Waals surface area contributed by atoms with E-state index in [1.165, 1.54) is 12.8 Å². The summed E-state index contributed by atoms with van der Waals surface area (Å²) in [5, 5.41) is 2.96. The fourth-order valence-corrected chi connectivity index (χ4v) is 2.97. The Labute approximate surface area is 145 Å². The molecular weight excluding hydrogens is 304 g/mol. The number of carbonyl (C=O) groups is 1. The van der Waals surface area contributed by atoms with Crippen molar-refractivity contribution in [2.24, 2.45) is 5.92 Å². The third-order valence-electron chi connectivity index (χ3n) is 4.38. The number of hydrogen-bond acceptors (Lipinski definition) is 4. The van der Waals surface area contributed by atoms with Gasteiger partial charge < -0.3 is 14.8 Å². The Morgan fingerprint density at radius 3 is 2.88 bits per heavy atom. The van der Waals surface area contributed by atoms with Gasteiger partial charge in [0.25, 0.3) is 0 Å². The van der Waals surface area contributed by atoms with E-state index in [2.05, 4.69) is 24.1 Å². The summed E-state index contributed by atoms with van der Waals surface area (Å²) in [6.07, 6.45) is 2.57. The molecule has 1 aromatic carbocycles. The topological polar surface area (TPSA) is 50.8 Å². The Morgan fingerprint density at radius 2 is 2.12 bits per heavy atom. The zero-order valence-corrected chi connectivity index (χ0v) is 14.9. The van der Waals surface area contributed by atoms with Gasteiger partial charge in [0.2, 0.25) is 5.91 Å². The first kappa shape index (κ1) is 18.7. The zero-order chi connectivity index (χ0) is 17.2. The van der Waals surface area contributed by atoms with Crippen molar-refractivity contribution in [3.8, 4) is 5.75 Å². The third-order valence-corrected chi connectivity index (χ3v) is 4.38. The third kappa shape index (κ3) is 6.89. The van der Waals surface area contributed by atoms with Gasteiger partial charge in [-0.25, -0.2) is 0 Å². The summed E-state index contributed by atoms with van der Waals surface area (Å²) in [4.78, 5) is 14.3. The molecule has 0 radical (unpaired) electrons. The number of carbonyl (C=O) groups excluding carboxylic acids is 1. The highest BCUT2D eigenvalue weighted by atomic mass is 16.5. The number of hydrogen-bond donors (Lipinski definition) is 1. The molecule has 1 amide bonds. The average Bonchev–Trinajstić information content (AvgIpc) is 2.60. The number of piperidine rings is 1. The van der Waals surface area contributed by atoms with Gasteiger partial charge in [0, 0.05) is 19.1 Å². The second-order valence-electron chi connectivity index (χ2n) is 6.61. The van der Waals surface area contributed by atoms with E-state index in [4.69, 9.17) is 9.47 Å². The van der Waals surface area contributed by atoms with E-state index in [0.29, 0.717) is 25.8 Å². The van der Waals surface area contributed by atoms with Gasteiger partial charge >= 0.3 is 0 Å². The van der Waals surface area contributed by atoms with Crippen LogP contribution in [-0.4, -0.2) is 56.3 Å². The Balaban J connectivity index is 1.51. The monoisotopic (exact) mass is 334 g/mol. The van der Waals surface area contributed by atoms with Crippen molar-refractivity contribution in [1.29, 1.82) is 0 Å². The number of benzene rings is 1. The van der Waals surface area contributed by atoms with E-state index in [0.717, 1.165) is 24.8 Å². The minimum Gasteiger partial charge on any atom is -0.491 e. The normalized spacial score (nSPS) is 19.7. The maximum absolute atomic E-state index is 11.8. The van der Waals surface area contributed by atoms with Crippen LogP contribution in [0, 0.1) is 5.92 Å². The second kappa shape index (κ2) is 10.3. The van der Waals surface area contributed by atoms with Crippen molar-refractivity contribution in [1.82, 2.24) is 10.2 Å². The molecule has 2 rings (SSSR count). The van der Waals surface area contributed by atoms with E-state index in [9.17, 15) is 4.79 Å². The lowest BCUT2D eigenvalue weighted by atomic mass is 9.99. The Morgan fingerprint density at radius 1 is 1.33 bits per heavy atom. The van der Waals surface area contributed by atoms with Crippen LogP contribution in [0.5, 0.6) is 5.75 Å². The molecule has 0 saturated carbocycles. The Kier molecular flexibility index (Phi) is 8.05. The lowest BCUT2D eigenvalue weighted by molar-refractivity contribution is -0.126. The molecule has 5 nitrogen and oxygen atoms in total. The van der Waals surface area contributed by atoms with Crippen LogP contribution in [0.3, 0.4) is 0 Å². The smallest absolute Gasteiger partial charge is 0.246 e. The molecule has 0 aliphatic carbocycles. The van der Waals surface area contributed by atoms with Gasteiger partial charge in [0.1, 0.15) is 19.0 Å². The summed E-state index contributed by atoms with van der Waals surface area (Å²) in [7, 11) is 0.